The van der Waals surface area contributed by atoms with Gasteiger partial charge in [-0.05, 0) is 170 Å². The summed E-state index contributed by atoms with van der Waals surface area (Å²) >= 11 is 0. The number of hydrogen-bond acceptors (Lipinski definition) is 14. The summed E-state index contributed by atoms with van der Waals surface area (Å²) in [5.74, 6) is 3.58. The molecule has 452 valence electrons. The van der Waals surface area contributed by atoms with Crippen molar-refractivity contribution in [2.45, 2.75) is 140 Å². The molecule has 0 radical (unpaired) electrons. The Hall–Kier alpha value is -4.54. The summed E-state index contributed by atoms with van der Waals surface area (Å²) in [4.78, 5) is 52.8. The number of aliphatic imine (C=N–C) groups is 1. The molecule has 3 heterocycles. The first kappa shape index (κ1) is 58.5. The number of carbonyl (C=O) groups excluding carboxylic acids is 3. The topological polar surface area (TPSA) is 274 Å². The number of fused-ring (bicyclic) bond motifs is 8. The van der Waals surface area contributed by atoms with E-state index in [1.807, 2.05) is 30.6 Å². The summed E-state index contributed by atoms with van der Waals surface area (Å²) in [7, 11) is 3.10. The van der Waals surface area contributed by atoms with Crippen molar-refractivity contribution >= 4 is 45.1 Å². The minimum absolute atomic E-state index is 0.0530. The van der Waals surface area contributed by atoms with Crippen molar-refractivity contribution in [2.24, 2.45) is 122 Å². The van der Waals surface area contributed by atoms with Crippen LogP contribution >= 0.6 is 21.6 Å². The summed E-state index contributed by atoms with van der Waals surface area (Å²) in [6.45, 7) is 8.56. The van der Waals surface area contributed by atoms with Gasteiger partial charge in [-0.3, -0.25) is 19.4 Å². The monoisotopic (exact) mass is 1190 g/mol. The van der Waals surface area contributed by atoms with E-state index in [1.54, 1.807) is 29.9 Å². The minimum Gasteiger partial charge on any atom is -0.508 e. The highest BCUT2D eigenvalue weighted by atomic mass is 33.1. The second-order valence-corrected chi connectivity index (χ2v) is 31.2. The SMILES string of the molecule is C[C@@H]1CCC2=C[C@H]3C=C[C@@H]4[C@@H]([C@H]5COC(=O)[C@@H]5c5cc[nH]c5)C#CC[C@@H]5C[C@@]6(O)C7=C8NCC(=O)C[C@H](c9ccc(O)cc9)CSSC[C@H]9[C@@H](O)[C@@H](O)C[C@](C)([C@H]7[C@H]7CC[C@H](CN=C(N)N)[C@@]6(C7)[C@H]5[C@@](C)(O)[C@H](O)C[C@@H](C)[C@H]3[C@@H]4[C@H]2C1)[C@@H]9C8=O. The van der Waals surface area contributed by atoms with Crippen LogP contribution in [0.4, 0.5) is 0 Å². The second-order valence-electron chi connectivity index (χ2n) is 28.7. The van der Waals surface area contributed by atoms with Gasteiger partial charge < -0.3 is 57.1 Å². The van der Waals surface area contributed by atoms with Gasteiger partial charge in [-0.25, -0.2) is 0 Å². The van der Waals surface area contributed by atoms with Gasteiger partial charge in [0.05, 0.1) is 54.3 Å². The Balaban J connectivity index is 0.991. The zero-order chi connectivity index (χ0) is 58.9. The van der Waals surface area contributed by atoms with Crippen molar-refractivity contribution in [1.82, 2.24) is 10.3 Å². The average Bonchev–Trinajstić information content (AvgIpc) is 1.54. The number of nitrogens with two attached hydrogens (primary N) is 2. The summed E-state index contributed by atoms with van der Waals surface area (Å²) in [6, 6.07) is 8.85. The highest BCUT2D eigenvalue weighted by Gasteiger charge is 2.79. The lowest BCUT2D eigenvalue weighted by Gasteiger charge is -2.68. The molecule has 0 unspecified atom stereocenters. The zero-order valence-electron chi connectivity index (χ0n) is 48.9. The number of carbonyl (C=O) groups is 3. The quantitative estimate of drug-likeness (QED) is 0.0356. The first-order valence-electron chi connectivity index (χ1n) is 31.4. The van der Waals surface area contributed by atoms with E-state index in [0.29, 0.717) is 48.2 Å². The lowest BCUT2D eigenvalue weighted by molar-refractivity contribution is -0.230. The number of phenols is 1. The predicted octanol–water partition coefficient (Wildman–Crippen LogP) is 7.15. The van der Waals surface area contributed by atoms with Crippen LogP contribution in [0, 0.1) is 117 Å². The number of aromatic nitrogens is 1. The van der Waals surface area contributed by atoms with E-state index in [9.17, 15) is 35.1 Å². The summed E-state index contributed by atoms with van der Waals surface area (Å²) in [5.41, 5.74) is 10.4. The molecule has 1 spiro atoms. The average molecular weight is 1190 g/mol. The zero-order valence-corrected chi connectivity index (χ0v) is 50.6. The smallest absolute Gasteiger partial charge is 0.313 e. The molecular weight excluding hydrogens is 1100 g/mol. The van der Waals surface area contributed by atoms with Gasteiger partial charge in [-0.15, -0.1) is 5.92 Å². The maximum Gasteiger partial charge on any atom is 0.313 e. The number of ether oxygens (including phenoxy) is 1. The van der Waals surface area contributed by atoms with Gasteiger partial charge >= 0.3 is 5.97 Å². The standard InChI is InChI=1S/C67H87N5O10S2/c1-33-8-9-36-22-37-13-17-46-45(48-30-82-62(79)53(48)40-18-19-70-27-40)7-5-6-39-25-67(81)57-55(38-10-14-42(28-72-63(68)69)66(67,24-38)61(39)65(4,80)51(76)21-34(2)52(37)54(46)47(36)20-33)64(3)26-50(75)59(77)49-32-84-83-31-41(35-11-15-43(73)16-12-35)23-44(74)29-71-58(57)60(78)56(49)64/h11-13,15-19,22,27,33-34,37-39,41-42,45-56,59,61,70-71,73,75-77,80-81H,6,8-10,14,20-21,23-26,28-32H2,1-4H3,(H4,68,69,72)/t33-,34-,37-,38+,39-,41+,42-,45+,46-,47+,48-,49-,50+,51-,52-,53-,54+,55+,56+,59-,61-,64-,65+,66+,67-/m1/s1. The van der Waals surface area contributed by atoms with E-state index < -0.39 is 81.8 Å². The van der Waals surface area contributed by atoms with E-state index in [0.717, 1.165) is 30.4 Å². The van der Waals surface area contributed by atoms with Gasteiger partial charge in [0.2, 0.25) is 0 Å². The maximum absolute atomic E-state index is 16.3. The largest absolute Gasteiger partial charge is 0.508 e. The van der Waals surface area contributed by atoms with E-state index >= 15 is 9.90 Å². The number of aromatic hydroxyl groups is 1. The van der Waals surface area contributed by atoms with E-state index in [-0.39, 0.29) is 140 Å². The number of aliphatic hydroxyl groups excluding tert-OH is 3. The number of guanidine groups is 1. The molecule has 1 aromatic heterocycles. The van der Waals surface area contributed by atoms with E-state index in [1.165, 1.54) is 16.4 Å². The van der Waals surface area contributed by atoms with Crippen LogP contribution in [0.5, 0.6) is 5.75 Å². The molecule has 8 bridgehead atoms. The second kappa shape index (κ2) is 21.9. The number of phenolic OH excluding ortho intramolecular Hbond substituents is 1. The van der Waals surface area contributed by atoms with Crippen molar-refractivity contribution in [1.29, 1.82) is 0 Å². The van der Waals surface area contributed by atoms with Crippen LogP contribution < -0.4 is 16.8 Å². The van der Waals surface area contributed by atoms with Crippen LogP contribution in [0.2, 0.25) is 0 Å². The molecule has 1 aromatic carbocycles. The third-order valence-electron chi connectivity index (χ3n) is 24.3. The van der Waals surface area contributed by atoms with Crippen molar-refractivity contribution in [3.8, 4) is 17.6 Å². The minimum atomic E-state index is -1.88. The third-order valence-corrected chi connectivity index (χ3v) is 26.8. The summed E-state index contributed by atoms with van der Waals surface area (Å²) < 4.78 is 6.06. The van der Waals surface area contributed by atoms with Crippen LogP contribution in [-0.4, -0.2) is 120 Å². The summed E-state index contributed by atoms with van der Waals surface area (Å²) in [6.07, 6.45) is 13.0. The number of esters is 1. The number of benzene rings is 1. The summed E-state index contributed by atoms with van der Waals surface area (Å²) in [5, 5.41) is 80.4. The molecule has 11 aliphatic rings. The Morgan fingerprint density at radius 1 is 0.893 bits per heavy atom. The lowest BCUT2D eigenvalue weighted by atomic mass is 9.37. The molecular formula is C67H87N5O10S2. The number of rotatable bonds is 5. The number of cyclic esters (lactones) is 1. The number of nitrogens with one attached hydrogen (secondary N) is 2. The van der Waals surface area contributed by atoms with Gasteiger partial charge in [-0.1, -0.05) is 84.2 Å². The Kier molecular flexibility index (Phi) is 15.3. The normalized spacial score (nSPS) is 47.0. The van der Waals surface area contributed by atoms with Crippen LogP contribution in [0.3, 0.4) is 0 Å². The molecule has 9 aliphatic carbocycles. The molecule has 13 rings (SSSR count). The third kappa shape index (κ3) is 9.23. The van der Waals surface area contributed by atoms with Crippen LogP contribution in [0.25, 0.3) is 0 Å². The van der Waals surface area contributed by atoms with E-state index in [2.05, 4.69) is 61.1 Å². The first-order valence-corrected chi connectivity index (χ1v) is 33.9. The number of Topliss-reactive ketones (excluding diaryl/α,β-unsaturated/α-hetero) is 2. The van der Waals surface area contributed by atoms with Crippen LogP contribution in [0.1, 0.15) is 121 Å². The number of ketones is 2. The van der Waals surface area contributed by atoms with Crippen LogP contribution in [-0.2, 0) is 19.1 Å². The molecule has 7 fully saturated rings. The van der Waals surface area contributed by atoms with Gasteiger partial charge in [0.15, 0.2) is 17.5 Å². The molecule has 15 nitrogen and oxygen atoms in total. The van der Waals surface area contributed by atoms with Gasteiger partial charge in [0.25, 0.3) is 0 Å². The number of H-pyrrole nitrogens is 1. The van der Waals surface area contributed by atoms with Gasteiger partial charge in [-0.2, -0.15) is 0 Å². The number of aliphatic hydroxyl groups is 5. The number of allylic oxidation sites excluding steroid dienone is 5. The molecule has 2 saturated heterocycles. The molecule has 84 heavy (non-hydrogen) atoms. The number of hydrogen-bond donors (Lipinski definition) is 10. The fourth-order valence-corrected chi connectivity index (χ4v) is 23.9. The highest BCUT2D eigenvalue weighted by molar-refractivity contribution is 8.76. The molecule has 0 amide bonds. The molecule has 17 heteroatoms. The Bertz CT molecular complexity index is 3090. The highest BCUT2D eigenvalue weighted by Crippen LogP contribution is 2.77. The molecule has 5 saturated carbocycles. The van der Waals surface area contributed by atoms with Crippen molar-refractivity contribution in [2.75, 3.05) is 31.2 Å². The predicted molar refractivity (Wildman–Crippen MR) is 323 cm³/mol. The fraction of sp³-hybridized carbons (Fsp3) is 0.672. The van der Waals surface area contributed by atoms with Gasteiger partial charge in [0, 0.05) is 84.2 Å². The van der Waals surface area contributed by atoms with Crippen molar-refractivity contribution in [3.63, 3.8) is 0 Å². The maximum atomic E-state index is 16.3. The Morgan fingerprint density at radius 3 is 2.44 bits per heavy atom. The number of aromatic amines is 1. The molecule has 2 aromatic rings. The molecule has 2 aliphatic heterocycles. The Morgan fingerprint density at radius 2 is 1.68 bits per heavy atom. The first-order chi connectivity index (χ1) is 40.2. The van der Waals surface area contributed by atoms with Crippen molar-refractivity contribution in [3.05, 3.63) is 88.9 Å². The van der Waals surface area contributed by atoms with E-state index in [4.69, 9.17) is 21.2 Å². The molecule has 12 N–H and O–H groups in total. The number of nitrogens with zero attached hydrogens (tertiary/aromatic N) is 1. The lowest BCUT2D eigenvalue weighted by Crippen LogP contribution is -2.71. The van der Waals surface area contributed by atoms with Crippen LogP contribution in [0.15, 0.2) is 82.8 Å². The fourth-order valence-electron chi connectivity index (χ4n) is 21.1. The van der Waals surface area contributed by atoms with Gasteiger partial charge in [0.1, 0.15) is 5.75 Å². The molecule has 25 atom stereocenters. The van der Waals surface area contributed by atoms with Crippen molar-refractivity contribution < 1.29 is 49.8 Å². The Labute approximate surface area is 502 Å².